The SMILES string of the molecule is CN=C(NCc1ccccc1OC1CCCC1)N1CCC2(CCOC2)C1.I. The summed E-state index contributed by atoms with van der Waals surface area (Å²) < 4.78 is 11.9. The molecule has 5 nitrogen and oxygen atoms in total. The topological polar surface area (TPSA) is 46.1 Å². The van der Waals surface area contributed by atoms with Gasteiger partial charge in [0.15, 0.2) is 5.96 Å². The predicted molar refractivity (Wildman–Crippen MR) is 119 cm³/mol. The van der Waals surface area contributed by atoms with E-state index < -0.39 is 0 Å². The summed E-state index contributed by atoms with van der Waals surface area (Å²) in [4.78, 5) is 6.91. The monoisotopic (exact) mass is 485 g/mol. The lowest BCUT2D eigenvalue weighted by Gasteiger charge is -2.25. The number of rotatable bonds is 4. The number of aliphatic imine (C=N–C) groups is 1. The van der Waals surface area contributed by atoms with Crippen LogP contribution in [-0.4, -0.2) is 50.3 Å². The molecule has 2 aliphatic heterocycles. The van der Waals surface area contributed by atoms with E-state index in [4.69, 9.17) is 9.47 Å². The van der Waals surface area contributed by atoms with Crippen molar-refractivity contribution in [3.8, 4) is 5.75 Å². The van der Waals surface area contributed by atoms with Crippen LogP contribution in [0, 0.1) is 5.41 Å². The highest BCUT2D eigenvalue weighted by molar-refractivity contribution is 14.0. The van der Waals surface area contributed by atoms with Crippen LogP contribution in [0.3, 0.4) is 0 Å². The van der Waals surface area contributed by atoms with E-state index in [1.807, 2.05) is 7.05 Å². The first kappa shape index (κ1) is 20.7. The fraction of sp³-hybridized carbons (Fsp3) is 0.667. The van der Waals surface area contributed by atoms with Gasteiger partial charge in [-0.05, 0) is 44.6 Å². The molecule has 1 spiro atoms. The maximum Gasteiger partial charge on any atom is 0.193 e. The Morgan fingerprint density at radius 2 is 2.11 bits per heavy atom. The molecule has 2 heterocycles. The second kappa shape index (κ2) is 9.45. The second-order valence-corrected chi connectivity index (χ2v) is 8.01. The number of para-hydroxylation sites is 1. The highest BCUT2D eigenvalue weighted by atomic mass is 127. The predicted octanol–water partition coefficient (Wildman–Crippen LogP) is 3.81. The number of hydrogen-bond donors (Lipinski definition) is 1. The van der Waals surface area contributed by atoms with Gasteiger partial charge in [0.25, 0.3) is 0 Å². The summed E-state index contributed by atoms with van der Waals surface area (Å²) in [6.45, 7) is 4.66. The van der Waals surface area contributed by atoms with Gasteiger partial charge in [-0.1, -0.05) is 18.2 Å². The maximum absolute atomic E-state index is 6.26. The Morgan fingerprint density at radius 1 is 1.30 bits per heavy atom. The highest BCUT2D eigenvalue weighted by Crippen LogP contribution is 2.38. The Morgan fingerprint density at radius 3 is 2.85 bits per heavy atom. The van der Waals surface area contributed by atoms with E-state index in [0.29, 0.717) is 11.5 Å². The van der Waals surface area contributed by atoms with Crippen molar-refractivity contribution in [3.05, 3.63) is 29.8 Å². The number of nitrogens with one attached hydrogen (secondary N) is 1. The number of nitrogens with zero attached hydrogens (tertiary/aromatic N) is 2. The summed E-state index contributed by atoms with van der Waals surface area (Å²) >= 11 is 0. The van der Waals surface area contributed by atoms with Crippen LogP contribution >= 0.6 is 24.0 Å². The van der Waals surface area contributed by atoms with Crippen LogP contribution < -0.4 is 10.1 Å². The summed E-state index contributed by atoms with van der Waals surface area (Å²) in [6, 6.07) is 8.40. The molecule has 1 saturated carbocycles. The van der Waals surface area contributed by atoms with Gasteiger partial charge in [-0.2, -0.15) is 0 Å². The maximum atomic E-state index is 6.26. The van der Waals surface area contributed by atoms with Crippen molar-refractivity contribution in [1.29, 1.82) is 0 Å². The average Bonchev–Trinajstić information content (AvgIpc) is 3.41. The van der Waals surface area contributed by atoms with Gasteiger partial charge >= 0.3 is 0 Å². The Kier molecular flexibility index (Phi) is 7.25. The molecule has 0 bridgehead atoms. The van der Waals surface area contributed by atoms with Gasteiger partial charge in [-0.3, -0.25) is 4.99 Å². The molecule has 2 saturated heterocycles. The number of ether oxygens (including phenoxy) is 2. The molecule has 1 aliphatic carbocycles. The van der Waals surface area contributed by atoms with E-state index in [1.54, 1.807) is 0 Å². The van der Waals surface area contributed by atoms with Crippen LogP contribution in [0.2, 0.25) is 0 Å². The van der Waals surface area contributed by atoms with E-state index in [9.17, 15) is 0 Å². The molecule has 0 aromatic heterocycles. The standard InChI is InChI=1S/C21H31N3O2.HI/c1-22-20(24-12-10-21(15-24)11-13-25-16-21)23-14-17-6-2-5-9-19(17)26-18-7-3-4-8-18;/h2,5-6,9,18H,3-4,7-8,10-16H2,1H3,(H,22,23);1H. The molecule has 1 N–H and O–H groups in total. The minimum Gasteiger partial charge on any atom is -0.490 e. The lowest BCUT2D eigenvalue weighted by atomic mass is 9.87. The minimum atomic E-state index is 0. The van der Waals surface area contributed by atoms with Crippen LogP contribution in [0.4, 0.5) is 0 Å². The Bertz CT molecular complexity index is 640. The molecule has 6 heteroatoms. The van der Waals surface area contributed by atoms with Gasteiger partial charge in [0.05, 0.1) is 12.7 Å². The van der Waals surface area contributed by atoms with Crippen molar-refractivity contribution in [1.82, 2.24) is 10.2 Å². The first-order valence-electron chi connectivity index (χ1n) is 10.1. The van der Waals surface area contributed by atoms with E-state index in [0.717, 1.165) is 44.6 Å². The van der Waals surface area contributed by atoms with Crippen LogP contribution in [0.25, 0.3) is 0 Å². The van der Waals surface area contributed by atoms with E-state index in [-0.39, 0.29) is 24.0 Å². The van der Waals surface area contributed by atoms with E-state index in [1.165, 1.54) is 44.1 Å². The third kappa shape index (κ3) is 4.88. The fourth-order valence-corrected chi connectivity index (χ4v) is 4.54. The fourth-order valence-electron chi connectivity index (χ4n) is 4.54. The van der Waals surface area contributed by atoms with Gasteiger partial charge in [0.1, 0.15) is 5.75 Å². The number of guanidine groups is 1. The third-order valence-electron chi connectivity index (χ3n) is 6.14. The van der Waals surface area contributed by atoms with Crippen molar-refractivity contribution in [2.45, 2.75) is 51.2 Å². The normalized spacial score (nSPS) is 25.8. The van der Waals surface area contributed by atoms with Crippen molar-refractivity contribution >= 4 is 29.9 Å². The molecule has 0 amide bonds. The molecule has 1 aromatic rings. The molecule has 1 unspecified atom stereocenters. The molecule has 3 fully saturated rings. The average molecular weight is 485 g/mol. The second-order valence-electron chi connectivity index (χ2n) is 8.01. The van der Waals surface area contributed by atoms with E-state index >= 15 is 0 Å². The van der Waals surface area contributed by atoms with Crippen LogP contribution in [0.1, 0.15) is 44.1 Å². The van der Waals surface area contributed by atoms with Gasteiger partial charge in [0.2, 0.25) is 0 Å². The molecular weight excluding hydrogens is 453 g/mol. The van der Waals surface area contributed by atoms with Crippen molar-refractivity contribution in [2.24, 2.45) is 10.4 Å². The lowest BCUT2D eigenvalue weighted by Crippen LogP contribution is -2.41. The smallest absolute Gasteiger partial charge is 0.193 e. The number of hydrogen-bond acceptors (Lipinski definition) is 3. The summed E-state index contributed by atoms with van der Waals surface area (Å²) in [5.74, 6) is 2.01. The molecule has 150 valence electrons. The highest BCUT2D eigenvalue weighted by Gasteiger charge is 2.42. The number of halogens is 1. The molecular formula is C21H32IN3O2. The summed E-state index contributed by atoms with van der Waals surface area (Å²) in [5, 5.41) is 3.55. The van der Waals surface area contributed by atoms with E-state index in [2.05, 4.69) is 39.5 Å². The molecule has 27 heavy (non-hydrogen) atoms. The lowest BCUT2D eigenvalue weighted by molar-refractivity contribution is 0.156. The van der Waals surface area contributed by atoms with Crippen LogP contribution in [0.5, 0.6) is 5.75 Å². The van der Waals surface area contributed by atoms with Crippen LogP contribution in [0.15, 0.2) is 29.3 Å². The number of likely N-dealkylation sites (tertiary alicyclic amines) is 1. The Labute approximate surface area is 179 Å². The third-order valence-corrected chi connectivity index (χ3v) is 6.14. The number of benzene rings is 1. The Hall–Kier alpha value is -1.02. The van der Waals surface area contributed by atoms with Gasteiger partial charge in [-0.25, -0.2) is 0 Å². The first-order valence-corrected chi connectivity index (χ1v) is 10.1. The minimum absolute atomic E-state index is 0. The first-order chi connectivity index (χ1) is 12.8. The molecule has 1 atom stereocenters. The zero-order valence-corrected chi connectivity index (χ0v) is 18.6. The summed E-state index contributed by atoms with van der Waals surface area (Å²) in [5.41, 5.74) is 1.56. The van der Waals surface area contributed by atoms with Crippen molar-refractivity contribution in [2.75, 3.05) is 33.4 Å². The zero-order chi connectivity index (χ0) is 17.8. The summed E-state index contributed by atoms with van der Waals surface area (Å²) in [6.07, 6.45) is 7.71. The quantitative estimate of drug-likeness (QED) is 0.400. The van der Waals surface area contributed by atoms with Crippen LogP contribution in [-0.2, 0) is 11.3 Å². The van der Waals surface area contributed by atoms with Gasteiger partial charge < -0.3 is 19.7 Å². The zero-order valence-electron chi connectivity index (χ0n) is 16.3. The molecule has 1 aromatic carbocycles. The van der Waals surface area contributed by atoms with Gasteiger partial charge in [0, 0.05) is 44.3 Å². The van der Waals surface area contributed by atoms with Crippen molar-refractivity contribution < 1.29 is 9.47 Å². The largest absolute Gasteiger partial charge is 0.490 e. The molecule has 4 rings (SSSR count). The Balaban J connectivity index is 0.00000210. The van der Waals surface area contributed by atoms with Crippen molar-refractivity contribution in [3.63, 3.8) is 0 Å². The molecule has 3 aliphatic rings. The van der Waals surface area contributed by atoms with Gasteiger partial charge in [-0.15, -0.1) is 24.0 Å². The molecule has 0 radical (unpaired) electrons. The summed E-state index contributed by atoms with van der Waals surface area (Å²) in [7, 11) is 1.87.